The standard InChI is InChI=1S/C17H36N2/c1-7-10-15(13-18-17(3,4)5)19(6)16-12-9-8-11-14(16)2/h14-16,18H,7-13H2,1-6H3. The molecule has 3 atom stereocenters. The second-order valence-corrected chi connectivity index (χ2v) is 7.57. The summed E-state index contributed by atoms with van der Waals surface area (Å²) in [6.45, 7) is 12.7. The first-order chi connectivity index (χ1) is 8.85. The van der Waals surface area contributed by atoms with Gasteiger partial charge >= 0.3 is 0 Å². The number of hydrogen-bond donors (Lipinski definition) is 1. The molecule has 0 amide bonds. The van der Waals surface area contributed by atoms with Gasteiger partial charge in [0, 0.05) is 24.2 Å². The number of nitrogens with zero attached hydrogens (tertiary/aromatic N) is 1. The Balaban J connectivity index is 2.57. The average molecular weight is 268 g/mol. The minimum atomic E-state index is 0.227. The predicted octanol–water partition coefficient (Wildman–Crippen LogP) is 4.05. The molecule has 1 saturated carbocycles. The van der Waals surface area contributed by atoms with Crippen LogP contribution in [0.5, 0.6) is 0 Å². The Morgan fingerprint density at radius 3 is 2.37 bits per heavy atom. The molecular weight excluding hydrogens is 232 g/mol. The molecule has 1 rings (SSSR count). The van der Waals surface area contributed by atoms with E-state index in [9.17, 15) is 0 Å². The summed E-state index contributed by atoms with van der Waals surface area (Å²) in [6.07, 6.45) is 8.26. The van der Waals surface area contributed by atoms with E-state index in [1.54, 1.807) is 0 Å². The van der Waals surface area contributed by atoms with Gasteiger partial charge in [0.05, 0.1) is 0 Å². The summed E-state index contributed by atoms with van der Waals surface area (Å²) in [5.41, 5.74) is 0.227. The largest absolute Gasteiger partial charge is 0.311 e. The van der Waals surface area contributed by atoms with Crippen LogP contribution in [0.25, 0.3) is 0 Å². The zero-order chi connectivity index (χ0) is 14.5. The van der Waals surface area contributed by atoms with E-state index in [4.69, 9.17) is 0 Å². The molecule has 0 aromatic heterocycles. The highest BCUT2D eigenvalue weighted by Crippen LogP contribution is 2.29. The van der Waals surface area contributed by atoms with E-state index < -0.39 is 0 Å². The monoisotopic (exact) mass is 268 g/mol. The van der Waals surface area contributed by atoms with Crippen molar-refractivity contribution in [2.24, 2.45) is 5.92 Å². The Kier molecular flexibility index (Phi) is 6.82. The second-order valence-electron chi connectivity index (χ2n) is 7.57. The third-order valence-corrected chi connectivity index (χ3v) is 4.66. The Labute approximate surface area is 121 Å². The quantitative estimate of drug-likeness (QED) is 0.781. The lowest BCUT2D eigenvalue weighted by Crippen LogP contribution is -2.51. The van der Waals surface area contributed by atoms with Gasteiger partial charge in [-0.3, -0.25) is 4.90 Å². The Bertz CT molecular complexity index is 244. The van der Waals surface area contributed by atoms with Crippen molar-refractivity contribution < 1.29 is 0 Å². The van der Waals surface area contributed by atoms with Gasteiger partial charge in [0.25, 0.3) is 0 Å². The summed E-state index contributed by atoms with van der Waals surface area (Å²) in [5.74, 6) is 0.868. The molecule has 1 fully saturated rings. The van der Waals surface area contributed by atoms with Gasteiger partial charge in [-0.1, -0.05) is 33.1 Å². The Hall–Kier alpha value is -0.0800. The molecule has 2 heteroatoms. The van der Waals surface area contributed by atoms with Gasteiger partial charge in [-0.15, -0.1) is 0 Å². The van der Waals surface area contributed by atoms with Crippen molar-refractivity contribution in [3.05, 3.63) is 0 Å². The molecule has 1 aliphatic carbocycles. The van der Waals surface area contributed by atoms with Gasteiger partial charge in [-0.2, -0.15) is 0 Å². The Morgan fingerprint density at radius 1 is 1.21 bits per heavy atom. The van der Waals surface area contributed by atoms with Crippen molar-refractivity contribution in [1.82, 2.24) is 10.2 Å². The Morgan fingerprint density at radius 2 is 1.84 bits per heavy atom. The summed E-state index contributed by atoms with van der Waals surface area (Å²) in [4.78, 5) is 2.69. The molecule has 0 spiro atoms. The van der Waals surface area contributed by atoms with Gasteiger partial charge in [0.15, 0.2) is 0 Å². The molecule has 1 aliphatic rings. The normalized spacial score (nSPS) is 26.7. The third-order valence-electron chi connectivity index (χ3n) is 4.66. The summed E-state index contributed by atoms with van der Waals surface area (Å²) in [5, 5.41) is 3.70. The lowest BCUT2D eigenvalue weighted by Gasteiger charge is -2.41. The first-order valence-electron chi connectivity index (χ1n) is 8.32. The first kappa shape index (κ1) is 17.0. The summed E-state index contributed by atoms with van der Waals surface area (Å²) in [7, 11) is 2.36. The summed E-state index contributed by atoms with van der Waals surface area (Å²) in [6, 6.07) is 1.49. The molecule has 3 unspecified atom stereocenters. The zero-order valence-electron chi connectivity index (χ0n) is 14.1. The van der Waals surface area contributed by atoms with Crippen LogP contribution in [0.1, 0.15) is 73.1 Å². The minimum absolute atomic E-state index is 0.227. The highest BCUT2D eigenvalue weighted by Gasteiger charge is 2.29. The van der Waals surface area contributed by atoms with Crippen LogP contribution in [-0.4, -0.2) is 36.1 Å². The fraction of sp³-hybridized carbons (Fsp3) is 1.00. The van der Waals surface area contributed by atoms with Crippen molar-refractivity contribution in [3.63, 3.8) is 0 Å². The molecule has 1 N–H and O–H groups in total. The first-order valence-corrected chi connectivity index (χ1v) is 8.32. The van der Waals surface area contributed by atoms with E-state index in [-0.39, 0.29) is 5.54 Å². The molecule has 0 heterocycles. The van der Waals surface area contributed by atoms with E-state index in [2.05, 4.69) is 51.9 Å². The molecule has 2 nitrogen and oxygen atoms in total. The molecule has 114 valence electrons. The van der Waals surface area contributed by atoms with Crippen LogP contribution in [0.15, 0.2) is 0 Å². The average Bonchev–Trinajstić information content (AvgIpc) is 2.33. The van der Waals surface area contributed by atoms with Crippen LogP contribution in [0.4, 0.5) is 0 Å². The predicted molar refractivity (Wildman–Crippen MR) is 85.6 cm³/mol. The highest BCUT2D eigenvalue weighted by molar-refractivity contribution is 4.85. The van der Waals surface area contributed by atoms with E-state index in [0.29, 0.717) is 6.04 Å². The number of nitrogens with one attached hydrogen (secondary N) is 1. The van der Waals surface area contributed by atoms with Crippen LogP contribution in [-0.2, 0) is 0 Å². The van der Waals surface area contributed by atoms with Crippen LogP contribution in [0.3, 0.4) is 0 Å². The fourth-order valence-corrected chi connectivity index (χ4v) is 3.38. The fourth-order valence-electron chi connectivity index (χ4n) is 3.38. The van der Waals surface area contributed by atoms with Crippen LogP contribution in [0, 0.1) is 5.92 Å². The molecule has 0 aromatic rings. The number of likely N-dealkylation sites (N-methyl/N-ethyl adjacent to an activating group) is 1. The molecule has 0 radical (unpaired) electrons. The summed E-state index contributed by atoms with van der Waals surface area (Å²) >= 11 is 0. The highest BCUT2D eigenvalue weighted by atomic mass is 15.2. The molecule has 0 saturated heterocycles. The van der Waals surface area contributed by atoms with E-state index >= 15 is 0 Å². The van der Waals surface area contributed by atoms with E-state index in [0.717, 1.165) is 18.5 Å². The topological polar surface area (TPSA) is 15.3 Å². The second kappa shape index (κ2) is 7.64. The van der Waals surface area contributed by atoms with Gasteiger partial charge in [-0.05, 0) is 53.0 Å². The van der Waals surface area contributed by atoms with Crippen molar-refractivity contribution in [1.29, 1.82) is 0 Å². The van der Waals surface area contributed by atoms with Crippen molar-refractivity contribution >= 4 is 0 Å². The van der Waals surface area contributed by atoms with Gasteiger partial charge < -0.3 is 5.32 Å². The summed E-state index contributed by atoms with van der Waals surface area (Å²) < 4.78 is 0. The van der Waals surface area contributed by atoms with E-state index in [1.165, 1.54) is 38.5 Å². The van der Waals surface area contributed by atoms with Crippen molar-refractivity contribution in [2.75, 3.05) is 13.6 Å². The molecule has 0 bridgehead atoms. The lowest BCUT2D eigenvalue weighted by molar-refractivity contribution is 0.0874. The van der Waals surface area contributed by atoms with Crippen LogP contribution in [0.2, 0.25) is 0 Å². The minimum Gasteiger partial charge on any atom is -0.311 e. The van der Waals surface area contributed by atoms with Crippen LogP contribution >= 0.6 is 0 Å². The van der Waals surface area contributed by atoms with Crippen molar-refractivity contribution in [2.45, 2.75) is 90.8 Å². The number of rotatable bonds is 6. The molecule has 0 aliphatic heterocycles. The van der Waals surface area contributed by atoms with E-state index in [1.807, 2.05) is 0 Å². The molecule has 19 heavy (non-hydrogen) atoms. The number of hydrogen-bond acceptors (Lipinski definition) is 2. The maximum atomic E-state index is 3.70. The maximum Gasteiger partial charge on any atom is 0.0220 e. The van der Waals surface area contributed by atoms with Crippen LogP contribution < -0.4 is 5.32 Å². The molecular formula is C17H36N2. The molecule has 0 aromatic carbocycles. The maximum absolute atomic E-state index is 3.70. The van der Waals surface area contributed by atoms with Gasteiger partial charge in [-0.25, -0.2) is 0 Å². The third kappa shape index (κ3) is 5.83. The lowest BCUT2D eigenvalue weighted by atomic mass is 9.84. The SMILES string of the molecule is CCCC(CNC(C)(C)C)N(C)C1CCCCC1C. The smallest absolute Gasteiger partial charge is 0.0220 e. The van der Waals surface area contributed by atoms with Crippen molar-refractivity contribution in [3.8, 4) is 0 Å². The van der Waals surface area contributed by atoms with Gasteiger partial charge in [0.2, 0.25) is 0 Å². The zero-order valence-corrected chi connectivity index (χ0v) is 14.1. The van der Waals surface area contributed by atoms with Gasteiger partial charge in [0.1, 0.15) is 0 Å².